The summed E-state index contributed by atoms with van der Waals surface area (Å²) in [5.41, 5.74) is -0.822. The van der Waals surface area contributed by atoms with Crippen molar-refractivity contribution in [1.82, 2.24) is 10.2 Å². The predicted octanol–water partition coefficient (Wildman–Crippen LogP) is 0.147. The van der Waals surface area contributed by atoms with Crippen LogP contribution < -0.4 is 5.32 Å². The van der Waals surface area contributed by atoms with E-state index in [1.54, 1.807) is 32.8 Å². The fourth-order valence-corrected chi connectivity index (χ4v) is 1.73. The van der Waals surface area contributed by atoms with Crippen LogP contribution in [0.25, 0.3) is 0 Å². The lowest BCUT2D eigenvalue weighted by atomic mass is 9.97. The van der Waals surface area contributed by atoms with E-state index in [0.29, 0.717) is 6.54 Å². The van der Waals surface area contributed by atoms with Gasteiger partial charge in [0.05, 0.1) is 6.10 Å². The summed E-state index contributed by atoms with van der Waals surface area (Å²) in [6, 6.07) is -0.432. The first kappa shape index (κ1) is 13.0. The molecule has 5 heteroatoms. The van der Waals surface area contributed by atoms with Gasteiger partial charge in [0, 0.05) is 13.7 Å². The number of ether oxygens (including phenoxy) is 1. The van der Waals surface area contributed by atoms with Gasteiger partial charge in [-0.25, -0.2) is 0 Å². The van der Waals surface area contributed by atoms with Gasteiger partial charge < -0.3 is 15.0 Å². The van der Waals surface area contributed by atoms with Crippen LogP contribution in [-0.4, -0.2) is 48.1 Å². The first-order valence-electron chi connectivity index (χ1n) is 5.45. The molecule has 0 bridgehead atoms. The van der Waals surface area contributed by atoms with E-state index in [-0.39, 0.29) is 17.9 Å². The smallest absolute Gasteiger partial charge is 0.248 e. The molecule has 1 heterocycles. The van der Waals surface area contributed by atoms with Crippen molar-refractivity contribution in [3.8, 4) is 0 Å². The second-order valence-corrected chi connectivity index (χ2v) is 4.79. The molecule has 2 atom stereocenters. The molecule has 16 heavy (non-hydrogen) atoms. The summed E-state index contributed by atoms with van der Waals surface area (Å²) >= 11 is 0. The van der Waals surface area contributed by atoms with E-state index < -0.39 is 11.6 Å². The van der Waals surface area contributed by atoms with Crippen LogP contribution in [0, 0.1) is 0 Å². The molecule has 2 amide bonds. The molecule has 1 aliphatic heterocycles. The maximum atomic E-state index is 12.1. The number of nitrogens with zero attached hydrogens (tertiary/aromatic N) is 1. The fourth-order valence-electron chi connectivity index (χ4n) is 1.73. The normalized spacial score (nSPS) is 26.6. The van der Waals surface area contributed by atoms with Crippen LogP contribution in [0.1, 0.15) is 27.7 Å². The van der Waals surface area contributed by atoms with E-state index >= 15 is 0 Å². The standard InChI is InChI=1S/C11H20N2O3/c1-7(16-5)6-13-8(2)9(14)12-11(3,4)10(13)15/h7-8H,6H2,1-5H3,(H,12,14). The lowest BCUT2D eigenvalue weighted by molar-refractivity contribution is -0.154. The third-order valence-electron chi connectivity index (χ3n) is 2.93. The van der Waals surface area contributed by atoms with Gasteiger partial charge in [-0.3, -0.25) is 9.59 Å². The van der Waals surface area contributed by atoms with Gasteiger partial charge in [-0.05, 0) is 27.7 Å². The van der Waals surface area contributed by atoms with Crippen molar-refractivity contribution < 1.29 is 14.3 Å². The number of carbonyl (C=O) groups excluding carboxylic acids is 2. The number of hydrogen-bond acceptors (Lipinski definition) is 3. The second kappa shape index (κ2) is 4.41. The van der Waals surface area contributed by atoms with Crippen LogP contribution in [-0.2, 0) is 14.3 Å². The van der Waals surface area contributed by atoms with Crippen molar-refractivity contribution in [1.29, 1.82) is 0 Å². The Hall–Kier alpha value is -1.10. The number of amides is 2. The molecule has 1 rings (SSSR count). The maximum absolute atomic E-state index is 12.1. The summed E-state index contributed by atoms with van der Waals surface area (Å²) in [7, 11) is 1.59. The van der Waals surface area contributed by atoms with Crippen LogP contribution >= 0.6 is 0 Å². The van der Waals surface area contributed by atoms with Crippen LogP contribution in [0.2, 0.25) is 0 Å². The zero-order chi connectivity index (χ0) is 12.5. The largest absolute Gasteiger partial charge is 0.380 e. The minimum Gasteiger partial charge on any atom is -0.380 e. The molecular weight excluding hydrogens is 208 g/mol. The Kier molecular flexibility index (Phi) is 3.57. The highest BCUT2D eigenvalue weighted by molar-refractivity contribution is 5.99. The molecule has 0 aliphatic carbocycles. The molecule has 1 N–H and O–H groups in total. The van der Waals surface area contributed by atoms with Crippen molar-refractivity contribution in [2.45, 2.75) is 45.4 Å². The van der Waals surface area contributed by atoms with Crippen molar-refractivity contribution in [3.63, 3.8) is 0 Å². The number of rotatable bonds is 3. The van der Waals surface area contributed by atoms with Gasteiger partial charge in [0.15, 0.2) is 0 Å². The summed E-state index contributed by atoms with van der Waals surface area (Å²) in [6.07, 6.45) is -0.0758. The summed E-state index contributed by atoms with van der Waals surface area (Å²) in [5, 5.41) is 2.71. The maximum Gasteiger partial charge on any atom is 0.248 e. The molecular formula is C11H20N2O3. The Morgan fingerprint density at radius 1 is 1.50 bits per heavy atom. The molecule has 0 saturated carbocycles. The number of piperazine rings is 1. The molecule has 0 radical (unpaired) electrons. The molecule has 92 valence electrons. The van der Waals surface area contributed by atoms with Crippen LogP contribution in [0.15, 0.2) is 0 Å². The summed E-state index contributed by atoms with van der Waals surface area (Å²) in [6.45, 7) is 7.46. The summed E-state index contributed by atoms with van der Waals surface area (Å²) in [5.74, 6) is -0.184. The zero-order valence-electron chi connectivity index (χ0n) is 10.5. The molecule has 1 saturated heterocycles. The van der Waals surface area contributed by atoms with E-state index in [2.05, 4.69) is 5.32 Å². The first-order valence-corrected chi connectivity index (χ1v) is 5.45. The highest BCUT2D eigenvalue weighted by atomic mass is 16.5. The third-order valence-corrected chi connectivity index (χ3v) is 2.93. The number of carbonyl (C=O) groups is 2. The van der Waals surface area contributed by atoms with Crippen LogP contribution in [0.4, 0.5) is 0 Å². The minimum atomic E-state index is -0.822. The average molecular weight is 228 g/mol. The summed E-state index contributed by atoms with van der Waals surface area (Å²) in [4.78, 5) is 25.4. The third kappa shape index (κ3) is 2.35. The van der Waals surface area contributed by atoms with Gasteiger partial charge in [0.1, 0.15) is 11.6 Å². The second-order valence-electron chi connectivity index (χ2n) is 4.79. The molecule has 1 fully saturated rings. The highest BCUT2D eigenvalue weighted by Crippen LogP contribution is 2.18. The lowest BCUT2D eigenvalue weighted by Gasteiger charge is -2.42. The average Bonchev–Trinajstić information content (AvgIpc) is 2.21. The Bertz CT molecular complexity index is 302. The highest BCUT2D eigenvalue weighted by Gasteiger charge is 2.43. The van der Waals surface area contributed by atoms with Crippen molar-refractivity contribution in [2.24, 2.45) is 0 Å². The van der Waals surface area contributed by atoms with Crippen molar-refractivity contribution in [2.75, 3.05) is 13.7 Å². The number of hydrogen-bond donors (Lipinski definition) is 1. The van der Waals surface area contributed by atoms with Gasteiger partial charge in [-0.1, -0.05) is 0 Å². The predicted molar refractivity (Wildman–Crippen MR) is 59.9 cm³/mol. The van der Waals surface area contributed by atoms with Gasteiger partial charge in [0.2, 0.25) is 11.8 Å². The lowest BCUT2D eigenvalue weighted by Crippen LogP contribution is -2.68. The minimum absolute atomic E-state index is 0.0662. The fraction of sp³-hybridized carbons (Fsp3) is 0.818. The van der Waals surface area contributed by atoms with Gasteiger partial charge >= 0.3 is 0 Å². The SMILES string of the molecule is COC(C)CN1C(=O)C(C)(C)NC(=O)C1C. The van der Waals surface area contributed by atoms with Gasteiger partial charge in [-0.15, -0.1) is 0 Å². The summed E-state index contributed by atoms with van der Waals surface area (Å²) < 4.78 is 5.13. The van der Waals surface area contributed by atoms with E-state index in [4.69, 9.17) is 4.74 Å². The van der Waals surface area contributed by atoms with E-state index in [1.165, 1.54) is 0 Å². The van der Waals surface area contributed by atoms with Crippen molar-refractivity contribution >= 4 is 11.8 Å². The Morgan fingerprint density at radius 3 is 2.56 bits per heavy atom. The van der Waals surface area contributed by atoms with E-state index in [0.717, 1.165) is 0 Å². The van der Waals surface area contributed by atoms with E-state index in [1.807, 2.05) is 6.92 Å². The van der Waals surface area contributed by atoms with Crippen LogP contribution in [0.5, 0.6) is 0 Å². The van der Waals surface area contributed by atoms with E-state index in [9.17, 15) is 9.59 Å². The number of nitrogens with one attached hydrogen (secondary N) is 1. The molecule has 1 aliphatic rings. The monoisotopic (exact) mass is 228 g/mol. The van der Waals surface area contributed by atoms with Gasteiger partial charge in [-0.2, -0.15) is 0 Å². The molecule has 0 aromatic heterocycles. The Balaban J connectivity index is 2.86. The quantitative estimate of drug-likeness (QED) is 0.748. The number of methoxy groups -OCH3 is 1. The van der Waals surface area contributed by atoms with Crippen molar-refractivity contribution in [3.05, 3.63) is 0 Å². The zero-order valence-corrected chi connectivity index (χ0v) is 10.5. The molecule has 0 aromatic rings. The van der Waals surface area contributed by atoms with Crippen LogP contribution in [0.3, 0.4) is 0 Å². The van der Waals surface area contributed by atoms with Gasteiger partial charge in [0.25, 0.3) is 0 Å². The molecule has 2 unspecified atom stereocenters. The molecule has 0 aromatic carbocycles. The topological polar surface area (TPSA) is 58.6 Å². The molecule has 0 spiro atoms. The molecule has 5 nitrogen and oxygen atoms in total. The Morgan fingerprint density at radius 2 is 2.06 bits per heavy atom. The Labute approximate surface area is 96.1 Å². The first-order chi connectivity index (χ1) is 7.29.